The zero-order valence-electron chi connectivity index (χ0n) is 16.8. The summed E-state index contributed by atoms with van der Waals surface area (Å²) >= 11 is 3.66. The van der Waals surface area contributed by atoms with Gasteiger partial charge in [-0.1, -0.05) is 82.7 Å². The monoisotopic (exact) mass is 476 g/mol. The predicted octanol–water partition coefficient (Wildman–Crippen LogP) is 4.31. The van der Waals surface area contributed by atoms with Gasteiger partial charge in [-0.05, 0) is 28.8 Å². The molecule has 0 bridgehead atoms. The second-order valence-corrected chi connectivity index (χ2v) is 8.73. The van der Waals surface area contributed by atoms with Crippen molar-refractivity contribution in [3.8, 4) is 0 Å². The van der Waals surface area contributed by atoms with Gasteiger partial charge in [-0.2, -0.15) is 0 Å². The molecule has 5 rings (SSSR count). The lowest BCUT2D eigenvalue weighted by Crippen LogP contribution is -2.44. The van der Waals surface area contributed by atoms with Gasteiger partial charge in [0.2, 0.25) is 5.91 Å². The third-order valence-electron chi connectivity index (χ3n) is 6.45. The Bertz CT molecular complexity index is 1170. The predicted molar refractivity (Wildman–Crippen MR) is 122 cm³/mol. The molecule has 0 radical (unpaired) electrons. The lowest BCUT2D eigenvalue weighted by molar-refractivity contribution is -0.143. The number of hydrogen-bond acceptors (Lipinski definition) is 4. The Balaban J connectivity index is 1.83. The van der Waals surface area contributed by atoms with Crippen molar-refractivity contribution < 1.29 is 14.3 Å². The van der Waals surface area contributed by atoms with E-state index in [-0.39, 0.29) is 11.9 Å². The minimum atomic E-state index is -1.03. The highest BCUT2D eigenvalue weighted by Crippen LogP contribution is 2.59. The first-order valence-corrected chi connectivity index (χ1v) is 10.9. The third kappa shape index (κ3) is 2.86. The van der Waals surface area contributed by atoms with Gasteiger partial charge in [0.05, 0.1) is 13.2 Å². The van der Waals surface area contributed by atoms with E-state index >= 15 is 0 Å². The average molecular weight is 477 g/mol. The maximum Gasteiger partial charge on any atom is 0.323 e. The number of amides is 1. The molecule has 1 amide bonds. The van der Waals surface area contributed by atoms with Crippen molar-refractivity contribution in [2.45, 2.75) is 23.4 Å². The van der Waals surface area contributed by atoms with Crippen LogP contribution in [0.15, 0.2) is 83.3 Å². The summed E-state index contributed by atoms with van der Waals surface area (Å²) in [6, 6.07) is 24.1. The molecular weight excluding hydrogens is 456 g/mol. The van der Waals surface area contributed by atoms with Crippen LogP contribution in [0.4, 0.5) is 5.69 Å². The normalized spacial score (nSPS) is 26.5. The zero-order valence-corrected chi connectivity index (χ0v) is 18.4. The molecular formula is C25H21BrN2O3. The molecule has 1 spiro atoms. The second-order valence-electron chi connectivity index (χ2n) is 7.88. The molecule has 0 aromatic heterocycles. The number of ether oxygens (including phenoxy) is 1. The number of halogens is 1. The lowest BCUT2D eigenvalue weighted by atomic mass is 9.63. The van der Waals surface area contributed by atoms with Crippen LogP contribution in [0.5, 0.6) is 0 Å². The largest absolute Gasteiger partial charge is 0.468 e. The number of hydrogen-bond donors (Lipinski definition) is 2. The summed E-state index contributed by atoms with van der Waals surface area (Å²) in [5, 5.41) is 6.57. The Morgan fingerprint density at radius 2 is 1.65 bits per heavy atom. The van der Waals surface area contributed by atoms with Crippen molar-refractivity contribution in [1.82, 2.24) is 5.32 Å². The Kier molecular flexibility index (Phi) is 4.91. The van der Waals surface area contributed by atoms with Crippen molar-refractivity contribution in [1.29, 1.82) is 0 Å². The molecule has 2 aliphatic heterocycles. The number of anilines is 1. The van der Waals surface area contributed by atoms with Gasteiger partial charge in [0, 0.05) is 16.1 Å². The van der Waals surface area contributed by atoms with E-state index in [0.29, 0.717) is 0 Å². The molecule has 3 aromatic carbocycles. The molecule has 4 atom stereocenters. The van der Waals surface area contributed by atoms with Crippen molar-refractivity contribution in [2.75, 3.05) is 12.4 Å². The minimum absolute atomic E-state index is 0.123. The minimum Gasteiger partial charge on any atom is -0.468 e. The van der Waals surface area contributed by atoms with E-state index in [0.717, 1.165) is 26.9 Å². The Morgan fingerprint density at radius 1 is 0.968 bits per heavy atom. The summed E-state index contributed by atoms with van der Waals surface area (Å²) in [6.45, 7) is 0. The van der Waals surface area contributed by atoms with E-state index < -0.39 is 23.4 Å². The Labute approximate surface area is 188 Å². The van der Waals surface area contributed by atoms with E-state index in [2.05, 4.69) is 26.6 Å². The number of benzene rings is 3. The van der Waals surface area contributed by atoms with Crippen molar-refractivity contribution in [2.24, 2.45) is 0 Å². The van der Waals surface area contributed by atoms with Crippen LogP contribution in [-0.2, 0) is 19.7 Å². The fourth-order valence-corrected chi connectivity index (χ4v) is 5.75. The van der Waals surface area contributed by atoms with Crippen molar-refractivity contribution in [3.63, 3.8) is 0 Å². The number of nitrogens with one attached hydrogen (secondary N) is 2. The van der Waals surface area contributed by atoms with Gasteiger partial charge in [-0.15, -0.1) is 0 Å². The van der Waals surface area contributed by atoms with Gasteiger partial charge in [-0.25, -0.2) is 0 Å². The highest BCUT2D eigenvalue weighted by atomic mass is 79.9. The first-order chi connectivity index (χ1) is 15.1. The summed E-state index contributed by atoms with van der Waals surface area (Å²) in [5.74, 6) is -0.968. The molecule has 0 saturated carbocycles. The smallest absolute Gasteiger partial charge is 0.323 e. The highest BCUT2D eigenvalue weighted by Gasteiger charge is 2.66. The van der Waals surface area contributed by atoms with Crippen LogP contribution in [0.2, 0.25) is 0 Å². The summed E-state index contributed by atoms with van der Waals surface area (Å²) in [4.78, 5) is 26.9. The molecule has 5 nitrogen and oxygen atoms in total. The van der Waals surface area contributed by atoms with Gasteiger partial charge >= 0.3 is 5.97 Å². The number of carbonyl (C=O) groups excluding carboxylic acids is 2. The lowest BCUT2D eigenvalue weighted by Gasteiger charge is -2.35. The van der Waals surface area contributed by atoms with Crippen LogP contribution < -0.4 is 10.6 Å². The number of fused-ring (bicyclic) bond motifs is 2. The number of esters is 1. The molecule has 0 aliphatic carbocycles. The molecule has 1 fully saturated rings. The van der Waals surface area contributed by atoms with E-state index in [1.807, 2.05) is 78.9 Å². The molecule has 2 aliphatic rings. The maximum atomic E-state index is 13.9. The van der Waals surface area contributed by atoms with Crippen LogP contribution in [0.25, 0.3) is 0 Å². The third-order valence-corrected chi connectivity index (χ3v) is 7.17. The summed E-state index contributed by atoms with van der Waals surface area (Å²) in [7, 11) is 1.38. The topological polar surface area (TPSA) is 67.4 Å². The van der Waals surface area contributed by atoms with E-state index in [1.165, 1.54) is 7.11 Å². The fourth-order valence-electron chi connectivity index (χ4n) is 5.24. The van der Waals surface area contributed by atoms with E-state index in [4.69, 9.17) is 4.74 Å². The molecule has 3 aromatic rings. The highest BCUT2D eigenvalue weighted by molar-refractivity contribution is 9.10. The first kappa shape index (κ1) is 20.0. The molecule has 2 N–H and O–H groups in total. The fraction of sp³-hybridized carbons (Fsp3) is 0.200. The van der Waals surface area contributed by atoms with Crippen molar-refractivity contribution in [3.05, 3.63) is 100 Å². The Hall–Kier alpha value is -2.96. The van der Waals surface area contributed by atoms with Gasteiger partial charge in [-0.3, -0.25) is 14.9 Å². The van der Waals surface area contributed by atoms with Crippen LogP contribution in [0, 0.1) is 0 Å². The maximum absolute atomic E-state index is 13.9. The SMILES string of the molecule is COC(=O)[C@@H]1N[C@H](c2ccccc2Br)[C@]2(C(=O)Nc3ccccc32)[C@H]1c1ccccc1. The van der Waals surface area contributed by atoms with Gasteiger partial charge < -0.3 is 10.1 Å². The molecule has 1 saturated heterocycles. The number of para-hydroxylation sites is 1. The van der Waals surface area contributed by atoms with Crippen LogP contribution in [0.1, 0.15) is 28.7 Å². The van der Waals surface area contributed by atoms with Gasteiger partial charge in [0.1, 0.15) is 11.5 Å². The zero-order chi connectivity index (χ0) is 21.6. The molecule has 31 heavy (non-hydrogen) atoms. The Morgan fingerprint density at radius 3 is 2.39 bits per heavy atom. The van der Waals surface area contributed by atoms with Crippen LogP contribution >= 0.6 is 15.9 Å². The molecule has 2 heterocycles. The number of rotatable bonds is 3. The molecule has 156 valence electrons. The van der Waals surface area contributed by atoms with Crippen LogP contribution in [-0.4, -0.2) is 25.0 Å². The number of carbonyl (C=O) groups is 2. The first-order valence-electron chi connectivity index (χ1n) is 10.1. The van der Waals surface area contributed by atoms with E-state index in [1.54, 1.807) is 0 Å². The second kappa shape index (κ2) is 7.62. The molecule has 0 unspecified atom stereocenters. The standard InChI is InChI=1S/C25H21BrN2O3/c1-31-23(29)21-20(15-9-3-2-4-10-15)25(17-12-6-8-14-19(17)27-24(25)30)22(28-21)16-11-5-7-13-18(16)26/h2-14,20-22,28H,1H3,(H,27,30)/t20-,21+,22+,25+/m0/s1. The average Bonchev–Trinajstić information content (AvgIpc) is 3.30. The van der Waals surface area contributed by atoms with E-state index in [9.17, 15) is 9.59 Å². The van der Waals surface area contributed by atoms with Crippen molar-refractivity contribution >= 4 is 33.5 Å². The van der Waals surface area contributed by atoms with Gasteiger partial charge in [0.25, 0.3) is 0 Å². The summed E-state index contributed by atoms with van der Waals surface area (Å²) in [6.07, 6.45) is 0. The molecule has 6 heteroatoms. The van der Waals surface area contributed by atoms with Gasteiger partial charge in [0.15, 0.2) is 0 Å². The van der Waals surface area contributed by atoms with Crippen LogP contribution in [0.3, 0.4) is 0 Å². The summed E-state index contributed by atoms with van der Waals surface area (Å²) < 4.78 is 6.06. The number of methoxy groups -OCH3 is 1. The summed E-state index contributed by atoms with van der Waals surface area (Å²) in [5.41, 5.74) is 2.46. The quantitative estimate of drug-likeness (QED) is 0.552.